The Hall–Kier alpha value is -3.77. The number of amides is 4. The largest absolute Gasteiger partial charge is 0.493 e. The van der Waals surface area contributed by atoms with Crippen LogP contribution in [0.15, 0.2) is 59.5 Å². The Morgan fingerprint density at radius 1 is 0.951 bits per heavy atom. The normalized spacial score (nSPS) is 13.8. The lowest BCUT2D eigenvalue weighted by atomic mass is 10.1. The second-order valence-electron chi connectivity index (χ2n) is 8.76. The van der Waals surface area contributed by atoms with Gasteiger partial charge in [0.25, 0.3) is 11.8 Å². The van der Waals surface area contributed by atoms with Crippen molar-refractivity contribution < 1.29 is 23.9 Å². The van der Waals surface area contributed by atoms with Crippen LogP contribution in [-0.2, 0) is 9.59 Å². The van der Waals surface area contributed by atoms with Crippen LogP contribution in [0.5, 0.6) is 11.5 Å². The highest BCUT2D eigenvalue weighted by molar-refractivity contribution is 8.26. The number of anilines is 2. The first kappa shape index (κ1) is 30.2. The van der Waals surface area contributed by atoms with Gasteiger partial charge in [0.2, 0.25) is 0 Å². The lowest BCUT2D eigenvalue weighted by Gasteiger charge is -2.16. The number of nitrogens with one attached hydrogen (secondary N) is 3. The summed E-state index contributed by atoms with van der Waals surface area (Å²) in [5, 5.41) is 6.96. The maximum Gasteiger partial charge on any atom is 0.338 e. The van der Waals surface area contributed by atoms with Gasteiger partial charge in [-0.25, -0.2) is 10.2 Å². The lowest BCUT2D eigenvalue weighted by Crippen LogP contribution is -2.46. The molecule has 212 valence electrons. The van der Waals surface area contributed by atoms with Gasteiger partial charge in [0.1, 0.15) is 0 Å². The third kappa shape index (κ3) is 7.70. The zero-order valence-corrected chi connectivity index (χ0v) is 25.2. The van der Waals surface area contributed by atoms with Crippen LogP contribution in [0.1, 0.15) is 16.7 Å². The van der Waals surface area contributed by atoms with Crippen LogP contribution in [-0.4, -0.2) is 40.9 Å². The Morgan fingerprint density at radius 3 is 2.39 bits per heavy atom. The number of carbonyl (C=O) groups is 3. The fourth-order valence-corrected chi connectivity index (χ4v) is 5.08. The van der Waals surface area contributed by atoms with E-state index >= 15 is 0 Å². The fraction of sp³-hybridized carbons (Fsp3) is 0.143. The lowest BCUT2D eigenvalue weighted by molar-refractivity contribution is -0.123. The molecule has 9 nitrogen and oxygen atoms in total. The molecule has 0 aliphatic carbocycles. The summed E-state index contributed by atoms with van der Waals surface area (Å²) in [5.41, 5.74) is 6.32. The number of thiocarbonyl (C=S) groups is 1. The van der Waals surface area contributed by atoms with Gasteiger partial charge in [-0.1, -0.05) is 47.1 Å². The van der Waals surface area contributed by atoms with E-state index in [2.05, 4.69) is 16.1 Å². The van der Waals surface area contributed by atoms with E-state index in [9.17, 15) is 14.4 Å². The van der Waals surface area contributed by atoms with E-state index < -0.39 is 11.9 Å². The quantitative estimate of drug-likeness (QED) is 0.191. The van der Waals surface area contributed by atoms with E-state index in [1.165, 1.54) is 19.2 Å². The molecule has 0 spiro atoms. The Bertz CT molecular complexity index is 1580. The van der Waals surface area contributed by atoms with Crippen LogP contribution < -0.4 is 25.5 Å². The van der Waals surface area contributed by atoms with E-state index in [0.717, 1.165) is 27.9 Å². The Balaban J connectivity index is 1.38. The van der Waals surface area contributed by atoms with Crippen LogP contribution >= 0.6 is 47.2 Å². The van der Waals surface area contributed by atoms with Crippen molar-refractivity contribution in [2.24, 2.45) is 0 Å². The summed E-state index contributed by atoms with van der Waals surface area (Å²) in [6, 6.07) is 14.5. The molecule has 0 unspecified atom stereocenters. The van der Waals surface area contributed by atoms with Crippen molar-refractivity contribution in [1.82, 2.24) is 10.4 Å². The van der Waals surface area contributed by atoms with E-state index in [1.54, 1.807) is 30.3 Å². The molecule has 1 aliphatic rings. The predicted octanol–water partition coefficient (Wildman–Crippen LogP) is 6.57. The van der Waals surface area contributed by atoms with E-state index in [-0.39, 0.29) is 26.8 Å². The number of hydrogen-bond acceptors (Lipinski definition) is 7. The van der Waals surface area contributed by atoms with Crippen LogP contribution in [0.3, 0.4) is 0 Å². The first-order chi connectivity index (χ1) is 19.5. The summed E-state index contributed by atoms with van der Waals surface area (Å²) in [6.45, 7) is 3.74. The molecule has 0 aromatic heterocycles. The zero-order chi connectivity index (χ0) is 29.7. The van der Waals surface area contributed by atoms with Crippen LogP contribution in [0.25, 0.3) is 6.08 Å². The zero-order valence-electron chi connectivity index (χ0n) is 22.0. The van der Waals surface area contributed by atoms with Gasteiger partial charge in [0, 0.05) is 11.4 Å². The molecule has 0 atom stereocenters. The summed E-state index contributed by atoms with van der Waals surface area (Å²) >= 11 is 18.2. The van der Waals surface area contributed by atoms with Gasteiger partial charge in [-0.2, -0.15) is 5.01 Å². The highest BCUT2D eigenvalue weighted by Crippen LogP contribution is 2.34. The Morgan fingerprint density at radius 2 is 1.68 bits per heavy atom. The van der Waals surface area contributed by atoms with Gasteiger partial charge >= 0.3 is 6.03 Å². The number of methoxy groups -OCH3 is 1. The summed E-state index contributed by atoms with van der Waals surface area (Å²) in [4.78, 5) is 38.1. The number of carbonyl (C=O) groups excluding carboxylic acids is 3. The van der Waals surface area contributed by atoms with Gasteiger partial charge in [0.15, 0.2) is 22.4 Å². The number of thioether (sulfide) groups is 1. The van der Waals surface area contributed by atoms with Crippen molar-refractivity contribution in [3.63, 3.8) is 0 Å². The molecular formula is C28H24Cl2N4O5S2. The van der Waals surface area contributed by atoms with Gasteiger partial charge in [-0.05, 0) is 91.3 Å². The Labute approximate surface area is 256 Å². The molecule has 1 fully saturated rings. The SMILES string of the molecule is COc1cc(/C=C2/SC(=S)N(NC(=O)Nc3ccc(Cl)c(Cl)c3)C2=O)ccc1OCC(=O)Nc1ccc(C)c(C)c1. The number of hydrogen-bond donors (Lipinski definition) is 3. The van der Waals surface area contributed by atoms with E-state index in [1.807, 2.05) is 32.0 Å². The Kier molecular flexibility index (Phi) is 9.77. The summed E-state index contributed by atoms with van der Waals surface area (Å²) in [7, 11) is 1.47. The smallest absolute Gasteiger partial charge is 0.338 e. The van der Waals surface area contributed by atoms with Crippen molar-refractivity contribution in [3.8, 4) is 11.5 Å². The average Bonchev–Trinajstić information content (AvgIpc) is 3.19. The monoisotopic (exact) mass is 630 g/mol. The first-order valence-corrected chi connectivity index (χ1v) is 14.0. The third-order valence-corrected chi connectivity index (χ3v) is 7.86. The van der Waals surface area contributed by atoms with Crippen LogP contribution in [0.4, 0.5) is 16.2 Å². The number of rotatable bonds is 8. The summed E-state index contributed by atoms with van der Waals surface area (Å²) in [6.07, 6.45) is 1.61. The summed E-state index contributed by atoms with van der Waals surface area (Å²) < 4.78 is 11.2. The minimum Gasteiger partial charge on any atom is -0.493 e. The second-order valence-corrected chi connectivity index (χ2v) is 11.2. The fourth-order valence-electron chi connectivity index (χ4n) is 3.60. The van der Waals surface area contributed by atoms with Crippen molar-refractivity contribution in [2.75, 3.05) is 24.4 Å². The molecule has 0 saturated carbocycles. The molecule has 1 heterocycles. The van der Waals surface area contributed by atoms with Crippen molar-refractivity contribution in [2.45, 2.75) is 13.8 Å². The van der Waals surface area contributed by atoms with Gasteiger partial charge in [-0.15, -0.1) is 0 Å². The van der Waals surface area contributed by atoms with Crippen molar-refractivity contribution in [3.05, 3.63) is 86.2 Å². The van der Waals surface area contributed by atoms with Crippen molar-refractivity contribution in [1.29, 1.82) is 0 Å². The average molecular weight is 632 g/mol. The second kappa shape index (κ2) is 13.3. The minimum absolute atomic E-state index is 0.146. The van der Waals surface area contributed by atoms with Crippen LogP contribution in [0, 0.1) is 13.8 Å². The standard InChI is InChI=1S/C28H24Cl2N4O5S2/c1-15-4-6-18(10-16(15)2)31-25(35)14-39-22-9-5-17(11-23(22)38-3)12-24-26(36)34(28(40)41-24)33-27(37)32-19-7-8-20(29)21(30)13-19/h4-13H,14H2,1-3H3,(H,31,35)(H2,32,33,37)/b24-12+. The molecule has 1 aliphatic heterocycles. The minimum atomic E-state index is -0.689. The third-order valence-electron chi connectivity index (χ3n) is 5.82. The first-order valence-electron chi connectivity index (χ1n) is 12.0. The predicted molar refractivity (Wildman–Crippen MR) is 167 cm³/mol. The molecule has 3 aromatic carbocycles. The number of nitrogens with zero attached hydrogens (tertiary/aromatic N) is 1. The number of hydrazine groups is 1. The number of aryl methyl sites for hydroxylation is 2. The number of urea groups is 1. The maximum atomic E-state index is 13.0. The van der Waals surface area contributed by atoms with Crippen molar-refractivity contribution >= 4 is 86.8 Å². The van der Waals surface area contributed by atoms with Gasteiger partial charge < -0.3 is 20.1 Å². The number of benzene rings is 3. The molecule has 41 heavy (non-hydrogen) atoms. The molecule has 1 saturated heterocycles. The topological polar surface area (TPSA) is 109 Å². The van der Waals surface area contributed by atoms with E-state index in [0.29, 0.717) is 33.5 Å². The molecule has 3 N–H and O–H groups in total. The molecule has 0 bridgehead atoms. The molecule has 3 aromatic rings. The molecule has 0 radical (unpaired) electrons. The summed E-state index contributed by atoms with van der Waals surface area (Å²) in [5.74, 6) is -0.106. The van der Waals surface area contributed by atoms with Crippen LogP contribution in [0.2, 0.25) is 10.0 Å². The number of halogens is 2. The van der Waals surface area contributed by atoms with E-state index in [4.69, 9.17) is 44.9 Å². The molecule has 13 heteroatoms. The number of ether oxygens (including phenoxy) is 2. The molecular weight excluding hydrogens is 607 g/mol. The van der Waals surface area contributed by atoms with Gasteiger partial charge in [-0.3, -0.25) is 9.59 Å². The maximum absolute atomic E-state index is 13.0. The molecule has 4 amide bonds. The highest BCUT2D eigenvalue weighted by atomic mass is 35.5. The van der Waals surface area contributed by atoms with Gasteiger partial charge in [0.05, 0.1) is 22.1 Å². The highest BCUT2D eigenvalue weighted by Gasteiger charge is 2.33. The molecule has 4 rings (SSSR count).